The average Bonchev–Trinajstić information content (AvgIpc) is 2.95. The molecule has 3 aliphatic rings. The lowest BCUT2D eigenvalue weighted by molar-refractivity contribution is -0.161. The summed E-state index contributed by atoms with van der Waals surface area (Å²) in [6.45, 7) is 1.57. The molecule has 1 unspecified atom stereocenters. The minimum Gasteiger partial charge on any atom is -0.477 e. The van der Waals surface area contributed by atoms with Crippen molar-refractivity contribution >= 4 is 18.2 Å². The summed E-state index contributed by atoms with van der Waals surface area (Å²) >= 11 is 0. The number of hydrogen-bond donors (Lipinski definition) is 3. The van der Waals surface area contributed by atoms with Crippen molar-refractivity contribution in [2.75, 3.05) is 6.54 Å². The van der Waals surface area contributed by atoms with E-state index >= 15 is 0 Å². The number of carboxylic acid groups (broad SMARTS) is 1. The highest BCUT2D eigenvalue weighted by atomic mass is 19.1. The SMILES string of the molecule is C[C@@H](O)[C@H]1C(=O)N2C(C(=O)O)=C([C@@H]3CC(F)CN3C=N)C[C@H]12. The highest BCUT2D eigenvalue weighted by Crippen LogP contribution is 2.46. The molecule has 0 aromatic heterocycles. The van der Waals surface area contributed by atoms with E-state index in [2.05, 4.69) is 0 Å². The number of likely N-dealkylation sites (tertiary alicyclic amines) is 1. The van der Waals surface area contributed by atoms with Crippen LogP contribution >= 0.6 is 0 Å². The Kier molecular flexibility index (Phi) is 3.43. The molecule has 2 saturated heterocycles. The monoisotopic (exact) mass is 311 g/mol. The number of aliphatic hydroxyl groups is 1. The lowest BCUT2D eigenvalue weighted by Crippen LogP contribution is -2.61. The van der Waals surface area contributed by atoms with Crippen molar-refractivity contribution in [1.29, 1.82) is 5.41 Å². The van der Waals surface area contributed by atoms with Crippen LogP contribution in [0.1, 0.15) is 19.8 Å². The predicted octanol–water partition coefficient (Wildman–Crippen LogP) is -0.0439. The summed E-state index contributed by atoms with van der Waals surface area (Å²) in [6, 6.07) is -0.883. The number of carbonyl (C=O) groups is 2. The number of halogens is 1. The fraction of sp³-hybridized carbons (Fsp3) is 0.643. The zero-order valence-corrected chi connectivity index (χ0v) is 12.1. The molecule has 22 heavy (non-hydrogen) atoms. The Morgan fingerprint density at radius 2 is 2.23 bits per heavy atom. The van der Waals surface area contributed by atoms with Crippen LogP contribution in [0.4, 0.5) is 4.39 Å². The second-order valence-corrected chi connectivity index (χ2v) is 6.10. The molecule has 5 atom stereocenters. The van der Waals surface area contributed by atoms with Gasteiger partial charge in [-0.2, -0.15) is 0 Å². The first-order valence-corrected chi connectivity index (χ1v) is 7.24. The van der Waals surface area contributed by atoms with Crippen LogP contribution in [0.5, 0.6) is 0 Å². The summed E-state index contributed by atoms with van der Waals surface area (Å²) in [5.74, 6) is -2.23. The van der Waals surface area contributed by atoms with Gasteiger partial charge in [-0.15, -0.1) is 0 Å². The van der Waals surface area contributed by atoms with E-state index in [1.54, 1.807) is 0 Å². The van der Waals surface area contributed by atoms with E-state index in [1.165, 1.54) is 16.7 Å². The Morgan fingerprint density at radius 1 is 1.55 bits per heavy atom. The number of amides is 1. The van der Waals surface area contributed by atoms with Crippen molar-refractivity contribution < 1.29 is 24.2 Å². The minimum absolute atomic E-state index is 0.0585. The van der Waals surface area contributed by atoms with Gasteiger partial charge < -0.3 is 20.0 Å². The molecule has 7 nitrogen and oxygen atoms in total. The summed E-state index contributed by atoms with van der Waals surface area (Å²) in [6.07, 6.45) is -0.523. The van der Waals surface area contributed by atoms with Crippen molar-refractivity contribution in [2.45, 2.75) is 44.1 Å². The van der Waals surface area contributed by atoms with Crippen LogP contribution in [0.15, 0.2) is 11.3 Å². The number of aliphatic carboxylic acids is 1. The highest BCUT2D eigenvalue weighted by molar-refractivity contribution is 6.00. The van der Waals surface area contributed by atoms with Crippen LogP contribution in [0, 0.1) is 11.3 Å². The molecule has 1 amide bonds. The molecule has 3 heterocycles. The molecule has 0 saturated carbocycles. The third-order valence-corrected chi connectivity index (χ3v) is 4.82. The molecule has 8 heteroatoms. The lowest BCUT2D eigenvalue weighted by Gasteiger charge is -2.44. The topological polar surface area (TPSA) is 105 Å². The first kappa shape index (κ1) is 15.0. The molecule has 120 valence electrons. The minimum atomic E-state index is -1.22. The largest absolute Gasteiger partial charge is 0.477 e. The molecule has 0 spiro atoms. The van der Waals surface area contributed by atoms with Crippen LogP contribution < -0.4 is 0 Å². The Hall–Kier alpha value is -1.96. The van der Waals surface area contributed by atoms with Crippen molar-refractivity contribution in [3.63, 3.8) is 0 Å². The van der Waals surface area contributed by atoms with E-state index in [0.717, 1.165) is 6.34 Å². The number of β-lactam (4-membered cyclic amide) rings is 1. The van der Waals surface area contributed by atoms with Crippen molar-refractivity contribution in [3.05, 3.63) is 11.3 Å². The van der Waals surface area contributed by atoms with Crippen molar-refractivity contribution in [2.24, 2.45) is 5.92 Å². The molecule has 2 fully saturated rings. The van der Waals surface area contributed by atoms with Gasteiger partial charge in [0.15, 0.2) is 0 Å². The fourth-order valence-corrected chi connectivity index (χ4v) is 3.89. The first-order valence-electron chi connectivity index (χ1n) is 7.24. The Balaban J connectivity index is 1.95. The smallest absolute Gasteiger partial charge is 0.352 e. The van der Waals surface area contributed by atoms with Gasteiger partial charge in [0.2, 0.25) is 5.91 Å². The summed E-state index contributed by atoms with van der Waals surface area (Å²) in [4.78, 5) is 26.4. The number of alkyl halides is 1. The van der Waals surface area contributed by atoms with E-state index < -0.39 is 36.1 Å². The van der Waals surface area contributed by atoms with Crippen LogP contribution in [0.3, 0.4) is 0 Å². The maximum Gasteiger partial charge on any atom is 0.352 e. The molecule has 3 aliphatic heterocycles. The maximum atomic E-state index is 13.6. The third-order valence-electron chi connectivity index (χ3n) is 4.82. The van der Waals surface area contributed by atoms with E-state index in [-0.39, 0.29) is 24.7 Å². The van der Waals surface area contributed by atoms with Gasteiger partial charge in [0.05, 0.1) is 37.0 Å². The zero-order valence-electron chi connectivity index (χ0n) is 12.1. The van der Waals surface area contributed by atoms with Gasteiger partial charge in [0.25, 0.3) is 0 Å². The van der Waals surface area contributed by atoms with E-state index in [9.17, 15) is 24.2 Å². The molecule has 3 N–H and O–H groups in total. The lowest BCUT2D eigenvalue weighted by atomic mass is 9.82. The predicted molar refractivity (Wildman–Crippen MR) is 73.9 cm³/mol. The molecule has 0 aliphatic carbocycles. The highest BCUT2D eigenvalue weighted by Gasteiger charge is 2.58. The number of carbonyl (C=O) groups excluding carboxylic acids is 1. The number of carboxylic acids is 1. The maximum absolute atomic E-state index is 13.6. The summed E-state index contributed by atoms with van der Waals surface area (Å²) in [5.41, 5.74) is 0.385. The standard InChI is InChI=1S/C14H18FN3O4/c1-6(19)11-10-3-8(9-2-7(15)4-17(9)5-16)12(14(21)22)18(10)13(11)20/h5-7,9-11,16,19H,2-4H2,1H3,(H,21,22)/t6-,7?,9+,10-,11-/m1/s1. The normalized spacial score (nSPS) is 35.5. The molecule has 0 radical (unpaired) electrons. The first-order chi connectivity index (χ1) is 10.4. The molecule has 0 aromatic carbocycles. The quantitative estimate of drug-likeness (QED) is 0.384. The number of fused-ring (bicyclic) bond motifs is 1. The van der Waals surface area contributed by atoms with Gasteiger partial charge in [-0.3, -0.25) is 10.2 Å². The average molecular weight is 311 g/mol. The van der Waals surface area contributed by atoms with E-state index in [1.807, 2.05) is 0 Å². The molecular weight excluding hydrogens is 293 g/mol. The van der Waals surface area contributed by atoms with Gasteiger partial charge in [-0.1, -0.05) is 0 Å². The van der Waals surface area contributed by atoms with Crippen LogP contribution in [0.2, 0.25) is 0 Å². The zero-order chi connectivity index (χ0) is 16.2. The Morgan fingerprint density at radius 3 is 2.77 bits per heavy atom. The molecule has 3 rings (SSSR count). The Labute approximate surface area is 126 Å². The van der Waals surface area contributed by atoms with E-state index in [4.69, 9.17) is 5.41 Å². The van der Waals surface area contributed by atoms with Crippen molar-refractivity contribution in [3.8, 4) is 0 Å². The van der Waals surface area contributed by atoms with Crippen molar-refractivity contribution in [1.82, 2.24) is 9.80 Å². The van der Waals surface area contributed by atoms with Crippen LogP contribution in [-0.2, 0) is 9.59 Å². The summed E-state index contributed by atoms with van der Waals surface area (Å²) < 4.78 is 13.6. The number of nitrogens with zero attached hydrogens (tertiary/aromatic N) is 2. The van der Waals surface area contributed by atoms with Gasteiger partial charge in [-0.05, 0) is 18.9 Å². The third kappa shape index (κ3) is 1.93. The van der Waals surface area contributed by atoms with Crippen LogP contribution in [-0.4, -0.2) is 69.1 Å². The molecule has 0 bridgehead atoms. The van der Waals surface area contributed by atoms with Gasteiger partial charge >= 0.3 is 5.97 Å². The number of aliphatic hydroxyl groups excluding tert-OH is 1. The fourth-order valence-electron chi connectivity index (χ4n) is 3.89. The Bertz CT molecular complexity index is 576. The molecular formula is C14H18FN3O4. The van der Waals surface area contributed by atoms with E-state index in [0.29, 0.717) is 12.0 Å². The van der Waals surface area contributed by atoms with Crippen LogP contribution in [0.25, 0.3) is 0 Å². The van der Waals surface area contributed by atoms with Gasteiger partial charge in [0, 0.05) is 6.42 Å². The summed E-state index contributed by atoms with van der Waals surface area (Å²) in [5, 5.41) is 26.5. The van der Waals surface area contributed by atoms with Gasteiger partial charge in [-0.25, -0.2) is 9.18 Å². The number of nitrogens with one attached hydrogen (secondary N) is 1. The second kappa shape index (κ2) is 5.05. The second-order valence-electron chi connectivity index (χ2n) is 6.10. The molecule has 0 aromatic rings. The van der Waals surface area contributed by atoms with Gasteiger partial charge in [0.1, 0.15) is 11.9 Å². The number of rotatable bonds is 4. The summed E-state index contributed by atoms with van der Waals surface area (Å²) in [7, 11) is 0. The number of hydrogen-bond acceptors (Lipinski definition) is 4.